The van der Waals surface area contributed by atoms with Gasteiger partial charge in [-0.05, 0) is 31.9 Å². The first kappa shape index (κ1) is 15.2. The van der Waals surface area contributed by atoms with E-state index >= 15 is 0 Å². The summed E-state index contributed by atoms with van der Waals surface area (Å²) >= 11 is 0. The highest BCUT2D eigenvalue weighted by Crippen LogP contribution is 2.28. The van der Waals surface area contributed by atoms with Gasteiger partial charge in [-0.2, -0.15) is 13.2 Å². The lowest BCUT2D eigenvalue weighted by molar-refractivity contribution is -0.162. The Morgan fingerprint density at radius 2 is 2.20 bits per heavy atom. The summed E-state index contributed by atoms with van der Waals surface area (Å²) in [6.07, 6.45) is -0.800. The van der Waals surface area contributed by atoms with Crippen LogP contribution in [0.15, 0.2) is 11.6 Å². The standard InChI is InChI=1S/C13H19F3N2O2/c1-17-7-4-10(5-8-17)11-3-2-6-18(11)12(19)20-9-13(14,15)16/h4,11H,2-3,5-9H2,1H3/t11-/m0/s1. The van der Waals surface area contributed by atoms with Gasteiger partial charge in [-0.25, -0.2) is 4.79 Å². The van der Waals surface area contributed by atoms with Crippen molar-refractivity contribution < 1.29 is 22.7 Å². The number of rotatable bonds is 2. The Morgan fingerprint density at radius 1 is 1.45 bits per heavy atom. The first-order valence-electron chi connectivity index (χ1n) is 6.74. The van der Waals surface area contributed by atoms with Crippen LogP contribution in [0.1, 0.15) is 19.3 Å². The number of likely N-dealkylation sites (tertiary alicyclic amines) is 1. The summed E-state index contributed by atoms with van der Waals surface area (Å²) in [5, 5.41) is 0. The molecule has 0 spiro atoms. The zero-order valence-electron chi connectivity index (χ0n) is 11.4. The minimum absolute atomic E-state index is 0.0931. The lowest BCUT2D eigenvalue weighted by Gasteiger charge is -2.30. The van der Waals surface area contributed by atoms with Gasteiger partial charge in [0.15, 0.2) is 6.61 Å². The molecule has 20 heavy (non-hydrogen) atoms. The van der Waals surface area contributed by atoms with Crippen molar-refractivity contribution in [3.05, 3.63) is 11.6 Å². The molecule has 7 heteroatoms. The van der Waals surface area contributed by atoms with Gasteiger partial charge in [0.2, 0.25) is 0 Å². The van der Waals surface area contributed by atoms with Crippen LogP contribution in [0.2, 0.25) is 0 Å². The van der Waals surface area contributed by atoms with Gasteiger partial charge in [-0.1, -0.05) is 6.08 Å². The minimum atomic E-state index is -4.47. The predicted molar refractivity (Wildman–Crippen MR) is 67.3 cm³/mol. The topological polar surface area (TPSA) is 32.8 Å². The number of nitrogens with zero attached hydrogens (tertiary/aromatic N) is 2. The number of hydrogen-bond acceptors (Lipinski definition) is 3. The van der Waals surface area contributed by atoms with Crippen LogP contribution in [0, 0.1) is 0 Å². The second-order valence-electron chi connectivity index (χ2n) is 5.31. The van der Waals surface area contributed by atoms with E-state index in [2.05, 4.69) is 15.7 Å². The average Bonchev–Trinajstić information content (AvgIpc) is 2.85. The van der Waals surface area contributed by atoms with E-state index in [9.17, 15) is 18.0 Å². The number of alkyl halides is 3. The molecule has 0 unspecified atom stereocenters. The van der Waals surface area contributed by atoms with Crippen LogP contribution < -0.4 is 0 Å². The molecule has 0 radical (unpaired) electrons. The molecule has 2 aliphatic heterocycles. The first-order chi connectivity index (χ1) is 9.37. The van der Waals surface area contributed by atoms with E-state index in [1.54, 1.807) is 0 Å². The number of carbonyl (C=O) groups excluding carboxylic acids is 1. The Hall–Kier alpha value is -1.24. The summed E-state index contributed by atoms with van der Waals surface area (Å²) in [6, 6.07) is -0.0931. The molecule has 2 heterocycles. The molecular weight excluding hydrogens is 273 g/mol. The second kappa shape index (κ2) is 6.03. The van der Waals surface area contributed by atoms with Crippen LogP contribution in [0.3, 0.4) is 0 Å². The zero-order chi connectivity index (χ0) is 14.8. The number of hydrogen-bond donors (Lipinski definition) is 0. The number of halogens is 3. The molecule has 0 aliphatic carbocycles. The van der Waals surface area contributed by atoms with E-state index in [0.717, 1.165) is 37.9 Å². The fourth-order valence-corrected chi connectivity index (χ4v) is 2.69. The van der Waals surface area contributed by atoms with E-state index in [1.807, 2.05) is 7.05 Å². The van der Waals surface area contributed by atoms with Crippen molar-refractivity contribution in [3.63, 3.8) is 0 Å². The monoisotopic (exact) mass is 292 g/mol. The highest BCUT2D eigenvalue weighted by atomic mass is 19.4. The third-order valence-electron chi connectivity index (χ3n) is 3.72. The highest BCUT2D eigenvalue weighted by Gasteiger charge is 2.36. The van der Waals surface area contributed by atoms with E-state index < -0.39 is 18.9 Å². The molecule has 1 fully saturated rings. The maximum Gasteiger partial charge on any atom is 0.422 e. The predicted octanol–water partition coefficient (Wildman–Crippen LogP) is 2.41. The Labute approximate surface area is 116 Å². The molecular formula is C13H19F3N2O2. The summed E-state index contributed by atoms with van der Waals surface area (Å²) in [7, 11) is 2.01. The van der Waals surface area contributed by atoms with Gasteiger partial charge in [0.1, 0.15) is 0 Å². The summed E-state index contributed by atoms with van der Waals surface area (Å²) in [4.78, 5) is 15.4. The molecule has 2 aliphatic rings. The third kappa shape index (κ3) is 3.88. The van der Waals surface area contributed by atoms with Crippen molar-refractivity contribution in [2.24, 2.45) is 0 Å². The minimum Gasteiger partial charge on any atom is -0.440 e. The molecule has 0 N–H and O–H groups in total. The summed E-state index contributed by atoms with van der Waals surface area (Å²) in [6.45, 7) is 0.677. The smallest absolute Gasteiger partial charge is 0.422 e. The molecule has 1 amide bonds. The van der Waals surface area contributed by atoms with Gasteiger partial charge >= 0.3 is 12.3 Å². The largest absolute Gasteiger partial charge is 0.440 e. The number of ether oxygens (including phenoxy) is 1. The zero-order valence-corrected chi connectivity index (χ0v) is 11.4. The van der Waals surface area contributed by atoms with Crippen molar-refractivity contribution in [2.75, 3.05) is 33.3 Å². The molecule has 1 saturated heterocycles. The maximum atomic E-state index is 12.1. The molecule has 0 saturated carbocycles. The van der Waals surface area contributed by atoms with Gasteiger partial charge in [0.05, 0.1) is 6.04 Å². The molecule has 0 aromatic rings. The van der Waals surface area contributed by atoms with Crippen LogP contribution in [0.4, 0.5) is 18.0 Å². The summed E-state index contributed by atoms with van der Waals surface area (Å²) in [5.74, 6) is 0. The van der Waals surface area contributed by atoms with Gasteiger partial charge in [-0.15, -0.1) is 0 Å². The highest BCUT2D eigenvalue weighted by molar-refractivity contribution is 5.69. The van der Waals surface area contributed by atoms with Crippen molar-refractivity contribution in [1.82, 2.24) is 9.80 Å². The first-order valence-corrected chi connectivity index (χ1v) is 6.74. The normalized spacial score (nSPS) is 24.7. The molecule has 1 atom stereocenters. The molecule has 114 valence electrons. The number of likely N-dealkylation sites (N-methyl/N-ethyl adjacent to an activating group) is 1. The lowest BCUT2D eigenvalue weighted by Crippen LogP contribution is -2.40. The molecule has 0 bridgehead atoms. The van der Waals surface area contributed by atoms with Crippen LogP contribution in [-0.2, 0) is 4.74 Å². The average molecular weight is 292 g/mol. The lowest BCUT2D eigenvalue weighted by atomic mass is 9.98. The van der Waals surface area contributed by atoms with E-state index in [-0.39, 0.29) is 6.04 Å². The third-order valence-corrected chi connectivity index (χ3v) is 3.72. The molecule has 0 aromatic heterocycles. The molecule has 0 aromatic carbocycles. The van der Waals surface area contributed by atoms with Gasteiger partial charge in [0, 0.05) is 19.6 Å². The Morgan fingerprint density at radius 3 is 2.80 bits per heavy atom. The molecule has 4 nitrogen and oxygen atoms in total. The van der Waals surface area contributed by atoms with E-state index in [4.69, 9.17) is 0 Å². The second-order valence-corrected chi connectivity index (χ2v) is 5.31. The van der Waals surface area contributed by atoms with Crippen LogP contribution in [0.25, 0.3) is 0 Å². The van der Waals surface area contributed by atoms with Crippen molar-refractivity contribution in [3.8, 4) is 0 Å². The fourth-order valence-electron chi connectivity index (χ4n) is 2.69. The Bertz CT molecular complexity index is 396. The Kier molecular flexibility index (Phi) is 4.57. The maximum absolute atomic E-state index is 12.1. The fraction of sp³-hybridized carbons (Fsp3) is 0.769. The van der Waals surface area contributed by atoms with E-state index in [1.165, 1.54) is 4.90 Å². The van der Waals surface area contributed by atoms with Crippen LogP contribution in [-0.4, -0.2) is 61.4 Å². The van der Waals surface area contributed by atoms with Gasteiger partial charge in [-0.3, -0.25) is 0 Å². The quantitative estimate of drug-likeness (QED) is 0.733. The summed E-state index contributed by atoms with van der Waals surface area (Å²) in [5.41, 5.74) is 1.14. The van der Waals surface area contributed by atoms with Gasteiger partial charge in [0.25, 0.3) is 0 Å². The van der Waals surface area contributed by atoms with Crippen molar-refractivity contribution >= 4 is 6.09 Å². The summed E-state index contributed by atoms with van der Waals surface area (Å²) < 4.78 is 40.6. The van der Waals surface area contributed by atoms with Crippen LogP contribution in [0.5, 0.6) is 0 Å². The van der Waals surface area contributed by atoms with E-state index in [0.29, 0.717) is 6.54 Å². The number of amides is 1. The number of carbonyl (C=O) groups is 1. The Balaban J connectivity index is 1.95. The molecule has 2 rings (SSSR count). The SMILES string of the molecule is CN1CC=C([C@@H]2CCCN2C(=O)OCC(F)(F)F)CC1. The van der Waals surface area contributed by atoms with Gasteiger partial charge < -0.3 is 14.5 Å². The van der Waals surface area contributed by atoms with Crippen molar-refractivity contribution in [2.45, 2.75) is 31.5 Å². The van der Waals surface area contributed by atoms with Crippen molar-refractivity contribution in [1.29, 1.82) is 0 Å². The van der Waals surface area contributed by atoms with Crippen LogP contribution >= 0.6 is 0 Å².